The van der Waals surface area contributed by atoms with Crippen LogP contribution < -0.4 is 5.56 Å². The van der Waals surface area contributed by atoms with Gasteiger partial charge in [-0.3, -0.25) is 14.2 Å². The third kappa shape index (κ3) is 3.85. The van der Waals surface area contributed by atoms with Gasteiger partial charge in [0.2, 0.25) is 0 Å². The average molecular weight is 417 g/mol. The fourth-order valence-corrected chi connectivity index (χ4v) is 4.41. The molecule has 0 unspecified atom stereocenters. The Bertz CT molecular complexity index is 1250. The monoisotopic (exact) mass is 416 g/mol. The summed E-state index contributed by atoms with van der Waals surface area (Å²) in [6, 6.07) is 15.8. The number of ketones is 1. The van der Waals surface area contributed by atoms with E-state index in [1.165, 1.54) is 33.4 Å². The highest BCUT2D eigenvalue weighted by Crippen LogP contribution is 2.30. The van der Waals surface area contributed by atoms with Crippen LogP contribution in [0.15, 0.2) is 65.0 Å². The number of aromatic nitrogens is 2. The van der Waals surface area contributed by atoms with Gasteiger partial charge < -0.3 is 0 Å². The minimum Gasteiger partial charge on any atom is -0.292 e. The molecule has 2 aromatic heterocycles. The highest BCUT2D eigenvalue weighted by Gasteiger charge is 2.15. The number of carbonyl (C=O) groups is 1. The van der Waals surface area contributed by atoms with Crippen LogP contribution >= 0.6 is 11.3 Å². The third-order valence-corrected chi connectivity index (χ3v) is 6.54. The Balaban J connectivity index is 1.65. The summed E-state index contributed by atoms with van der Waals surface area (Å²) < 4.78 is 1.41. The zero-order chi connectivity index (χ0) is 21.3. The number of thiophene rings is 1. The van der Waals surface area contributed by atoms with Crippen molar-refractivity contribution in [3.05, 3.63) is 87.3 Å². The third-order valence-electron chi connectivity index (χ3n) is 5.65. The van der Waals surface area contributed by atoms with E-state index in [1.807, 2.05) is 60.8 Å². The maximum absolute atomic E-state index is 13.2. The molecule has 0 radical (unpaired) electrons. The van der Waals surface area contributed by atoms with Gasteiger partial charge in [-0.2, -0.15) is 0 Å². The van der Waals surface area contributed by atoms with Crippen LogP contribution in [-0.2, 0) is 6.54 Å². The van der Waals surface area contributed by atoms with Crippen LogP contribution in [0, 0.1) is 6.92 Å². The van der Waals surface area contributed by atoms with Gasteiger partial charge in [0.05, 0.1) is 18.3 Å². The summed E-state index contributed by atoms with van der Waals surface area (Å²) in [6.07, 6.45) is 2.53. The molecule has 4 nitrogen and oxygen atoms in total. The summed E-state index contributed by atoms with van der Waals surface area (Å²) in [4.78, 5) is 31.1. The predicted molar refractivity (Wildman–Crippen MR) is 124 cm³/mol. The van der Waals surface area contributed by atoms with E-state index < -0.39 is 0 Å². The van der Waals surface area contributed by atoms with Crippen LogP contribution in [0.4, 0.5) is 0 Å². The number of fused-ring (bicyclic) bond motifs is 1. The van der Waals surface area contributed by atoms with Crippen LogP contribution in [0.1, 0.15) is 47.7 Å². The van der Waals surface area contributed by atoms with Crippen molar-refractivity contribution in [1.82, 2.24) is 9.55 Å². The molecule has 1 atom stereocenters. The highest BCUT2D eigenvalue weighted by atomic mass is 32.1. The van der Waals surface area contributed by atoms with Crippen molar-refractivity contribution in [1.29, 1.82) is 0 Å². The van der Waals surface area contributed by atoms with Gasteiger partial charge in [-0.1, -0.05) is 67.9 Å². The van der Waals surface area contributed by atoms with Gasteiger partial charge in [-0.05, 0) is 30.4 Å². The minimum atomic E-state index is -0.179. The molecule has 0 aliphatic heterocycles. The summed E-state index contributed by atoms with van der Waals surface area (Å²) in [6.45, 7) is 6.33. The summed E-state index contributed by atoms with van der Waals surface area (Å²) >= 11 is 1.45. The zero-order valence-corrected chi connectivity index (χ0v) is 18.2. The molecule has 0 saturated carbocycles. The Labute approximate surface area is 179 Å². The van der Waals surface area contributed by atoms with Crippen LogP contribution in [0.2, 0.25) is 0 Å². The largest absolute Gasteiger partial charge is 0.292 e. The van der Waals surface area contributed by atoms with Gasteiger partial charge in [0, 0.05) is 16.5 Å². The molecule has 0 fully saturated rings. The van der Waals surface area contributed by atoms with Crippen molar-refractivity contribution < 1.29 is 4.79 Å². The second kappa shape index (κ2) is 8.36. The number of rotatable bonds is 6. The lowest BCUT2D eigenvalue weighted by molar-refractivity contribution is 0.0970. The molecule has 0 bridgehead atoms. The van der Waals surface area contributed by atoms with Gasteiger partial charge in [0.25, 0.3) is 5.56 Å². The Kier molecular flexibility index (Phi) is 5.64. The highest BCUT2D eigenvalue weighted by molar-refractivity contribution is 7.17. The lowest BCUT2D eigenvalue weighted by Crippen LogP contribution is -2.24. The van der Waals surface area contributed by atoms with E-state index in [9.17, 15) is 9.59 Å². The van der Waals surface area contributed by atoms with E-state index in [0.29, 0.717) is 21.7 Å². The summed E-state index contributed by atoms with van der Waals surface area (Å²) in [5, 5.41) is 2.54. The number of benzene rings is 2. The molecule has 0 spiro atoms. The molecule has 5 heteroatoms. The second-order valence-electron chi connectivity index (χ2n) is 7.73. The van der Waals surface area contributed by atoms with Crippen LogP contribution in [0.25, 0.3) is 21.3 Å². The first-order valence-corrected chi connectivity index (χ1v) is 11.0. The number of hydrogen-bond donors (Lipinski definition) is 0. The van der Waals surface area contributed by atoms with Crippen molar-refractivity contribution >= 4 is 27.3 Å². The average Bonchev–Trinajstić information content (AvgIpc) is 3.20. The van der Waals surface area contributed by atoms with Gasteiger partial charge in [-0.15, -0.1) is 11.3 Å². The first-order chi connectivity index (χ1) is 14.5. The number of Topliss-reactive ketones (excluding diaryl/α,β-unsaturated/α-hetero) is 1. The number of aryl methyl sites for hydroxylation is 1. The SMILES string of the molecule is CC[C@@H](C)c1ccc(C(=O)Cn2cnc3scc(-c4ccc(C)cc4)c3c2=O)cc1. The van der Waals surface area contributed by atoms with Crippen molar-refractivity contribution in [2.75, 3.05) is 0 Å². The molecule has 0 saturated heterocycles. The van der Waals surface area contributed by atoms with Gasteiger partial charge in [0.15, 0.2) is 5.78 Å². The minimum absolute atomic E-state index is 0.0202. The van der Waals surface area contributed by atoms with Gasteiger partial charge in [-0.25, -0.2) is 4.98 Å². The molecule has 0 aliphatic rings. The van der Waals surface area contributed by atoms with Crippen molar-refractivity contribution in [2.45, 2.75) is 39.7 Å². The van der Waals surface area contributed by atoms with Gasteiger partial charge >= 0.3 is 0 Å². The molecule has 0 aliphatic carbocycles. The zero-order valence-electron chi connectivity index (χ0n) is 17.4. The van der Waals surface area contributed by atoms with E-state index in [1.54, 1.807) is 0 Å². The summed E-state index contributed by atoms with van der Waals surface area (Å²) in [5.41, 5.74) is 4.66. The standard InChI is InChI=1S/C25H24N2O2S/c1-4-17(3)18-9-11-20(12-10-18)22(28)13-27-15-26-24-23(25(27)29)21(14-30-24)19-7-5-16(2)6-8-19/h5-12,14-15,17H,4,13H2,1-3H3/t17-/m1/s1. The van der Waals surface area contributed by atoms with E-state index in [4.69, 9.17) is 0 Å². The Hall–Kier alpha value is -3.05. The number of carbonyl (C=O) groups excluding carboxylic acids is 1. The van der Waals surface area contributed by atoms with Crippen LogP contribution in [-0.4, -0.2) is 15.3 Å². The molecule has 0 amide bonds. The number of nitrogens with zero attached hydrogens (tertiary/aromatic N) is 2. The van der Waals surface area contributed by atoms with Crippen molar-refractivity contribution in [3.63, 3.8) is 0 Å². The molecule has 0 N–H and O–H groups in total. The topological polar surface area (TPSA) is 52.0 Å². The lowest BCUT2D eigenvalue weighted by Gasteiger charge is -2.10. The Morgan fingerprint density at radius 1 is 1.10 bits per heavy atom. The lowest BCUT2D eigenvalue weighted by atomic mass is 9.97. The normalized spacial score (nSPS) is 12.2. The Morgan fingerprint density at radius 3 is 2.47 bits per heavy atom. The smallest absolute Gasteiger partial charge is 0.263 e. The van der Waals surface area contributed by atoms with E-state index in [2.05, 4.69) is 18.8 Å². The molecule has 2 heterocycles. The Morgan fingerprint density at radius 2 is 1.80 bits per heavy atom. The van der Waals surface area contributed by atoms with E-state index in [0.717, 1.165) is 17.5 Å². The number of hydrogen-bond acceptors (Lipinski definition) is 4. The summed E-state index contributed by atoms with van der Waals surface area (Å²) in [7, 11) is 0. The predicted octanol–water partition coefficient (Wildman–Crippen LogP) is 5.83. The van der Waals surface area contributed by atoms with E-state index >= 15 is 0 Å². The van der Waals surface area contributed by atoms with Gasteiger partial charge in [0.1, 0.15) is 4.83 Å². The first kappa shape index (κ1) is 20.2. The maximum atomic E-state index is 13.2. The molecule has 152 valence electrons. The molecule has 4 aromatic rings. The quantitative estimate of drug-likeness (QED) is 0.372. The van der Waals surface area contributed by atoms with Crippen LogP contribution in [0.5, 0.6) is 0 Å². The van der Waals surface area contributed by atoms with E-state index in [-0.39, 0.29) is 17.9 Å². The van der Waals surface area contributed by atoms with Crippen LogP contribution in [0.3, 0.4) is 0 Å². The molecule has 4 rings (SSSR count). The van der Waals surface area contributed by atoms with Crippen molar-refractivity contribution in [2.24, 2.45) is 0 Å². The maximum Gasteiger partial charge on any atom is 0.263 e. The molecule has 30 heavy (non-hydrogen) atoms. The fourth-order valence-electron chi connectivity index (χ4n) is 3.51. The summed E-state index contributed by atoms with van der Waals surface area (Å²) in [5.74, 6) is 0.364. The molecular formula is C25H24N2O2S. The molecule has 2 aromatic carbocycles. The molecular weight excluding hydrogens is 392 g/mol. The fraction of sp³-hybridized carbons (Fsp3) is 0.240. The second-order valence-corrected chi connectivity index (χ2v) is 8.59. The first-order valence-electron chi connectivity index (χ1n) is 10.1. The van der Waals surface area contributed by atoms with Crippen molar-refractivity contribution in [3.8, 4) is 11.1 Å².